The highest BCUT2D eigenvalue weighted by atomic mass is 16.5. The molecule has 1 saturated heterocycles. The number of aryl methyl sites for hydroxylation is 2. The molecule has 0 radical (unpaired) electrons. The average molecular weight is 447 g/mol. The number of morpholine rings is 1. The van der Waals surface area contributed by atoms with Crippen molar-refractivity contribution in [1.82, 2.24) is 14.9 Å². The Balaban J connectivity index is 1.47. The Hall–Kier alpha value is -3.29. The second-order valence-corrected chi connectivity index (χ2v) is 8.16. The van der Waals surface area contributed by atoms with Crippen LogP contribution in [0.15, 0.2) is 54.7 Å². The van der Waals surface area contributed by atoms with Crippen LogP contribution in [0.4, 0.5) is 11.5 Å². The van der Waals surface area contributed by atoms with Crippen molar-refractivity contribution in [3.8, 4) is 0 Å². The first-order chi connectivity index (χ1) is 16.0. The van der Waals surface area contributed by atoms with Gasteiger partial charge in [-0.15, -0.1) is 0 Å². The van der Waals surface area contributed by atoms with Crippen LogP contribution in [-0.2, 0) is 16.1 Å². The smallest absolute Gasteiger partial charge is 0.254 e. The van der Waals surface area contributed by atoms with Crippen LogP contribution in [-0.4, -0.2) is 47.1 Å². The molecule has 0 saturated carbocycles. The number of rotatable bonds is 7. The molecule has 1 N–H and O–H groups in total. The summed E-state index contributed by atoms with van der Waals surface area (Å²) in [6.07, 6.45) is 1.48. The lowest BCUT2D eigenvalue weighted by molar-refractivity contribution is -0.0247. The molecule has 1 aliphatic rings. The van der Waals surface area contributed by atoms with E-state index in [2.05, 4.69) is 10.3 Å². The molecule has 7 heteroatoms. The molecule has 1 unspecified atom stereocenters. The van der Waals surface area contributed by atoms with Crippen molar-refractivity contribution in [3.63, 3.8) is 0 Å². The Bertz CT molecular complexity index is 1100. The molecule has 0 aliphatic carbocycles. The minimum atomic E-state index is -0.287. The third-order valence-corrected chi connectivity index (χ3v) is 5.60. The summed E-state index contributed by atoms with van der Waals surface area (Å²) in [6, 6.07) is 15.5. The molecule has 1 fully saturated rings. The van der Waals surface area contributed by atoms with Crippen LogP contribution in [0, 0.1) is 13.8 Å². The monoisotopic (exact) mass is 446 g/mol. The number of ether oxygens (including phenoxy) is 2. The lowest BCUT2D eigenvalue weighted by Crippen LogP contribution is -2.42. The first-order valence-corrected chi connectivity index (χ1v) is 11.3. The molecule has 0 bridgehead atoms. The van der Waals surface area contributed by atoms with E-state index in [4.69, 9.17) is 14.5 Å². The quantitative estimate of drug-likeness (QED) is 0.572. The zero-order valence-electron chi connectivity index (χ0n) is 19.4. The van der Waals surface area contributed by atoms with E-state index in [1.165, 1.54) is 0 Å². The summed E-state index contributed by atoms with van der Waals surface area (Å²) in [5, 5.41) is 3.37. The van der Waals surface area contributed by atoms with Crippen molar-refractivity contribution < 1.29 is 14.3 Å². The fourth-order valence-corrected chi connectivity index (χ4v) is 3.84. The van der Waals surface area contributed by atoms with Crippen molar-refractivity contribution in [3.05, 3.63) is 82.8 Å². The Kier molecular flexibility index (Phi) is 7.32. The Morgan fingerprint density at radius 1 is 1.21 bits per heavy atom. The number of hydrogen-bond donors (Lipinski definition) is 1. The number of carbonyl (C=O) groups is 1. The Morgan fingerprint density at radius 2 is 2.03 bits per heavy atom. The highest BCUT2D eigenvalue weighted by Crippen LogP contribution is 2.26. The molecule has 1 aliphatic heterocycles. The van der Waals surface area contributed by atoms with Gasteiger partial charge in [0.1, 0.15) is 11.9 Å². The highest BCUT2D eigenvalue weighted by molar-refractivity contribution is 5.94. The maximum atomic E-state index is 13.1. The molecule has 0 spiro atoms. The van der Waals surface area contributed by atoms with Crippen molar-refractivity contribution >= 4 is 17.4 Å². The Labute approximate surface area is 194 Å². The van der Waals surface area contributed by atoms with E-state index in [0.717, 1.165) is 34.0 Å². The van der Waals surface area contributed by atoms with Gasteiger partial charge in [0.05, 0.1) is 25.5 Å². The van der Waals surface area contributed by atoms with Crippen LogP contribution in [0.1, 0.15) is 45.9 Å². The van der Waals surface area contributed by atoms with Gasteiger partial charge in [-0.3, -0.25) is 9.78 Å². The predicted octanol–water partition coefficient (Wildman–Crippen LogP) is 4.59. The van der Waals surface area contributed by atoms with Gasteiger partial charge in [0, 0.05) is 36.3 Å². The Morgan fingerprint density at radius 3 is 2.79 bits per heavy atom. The molecule has 3 heterocycles. The molecule has 1 aromatic carbocycles. The summed E-state index contributed by atoms with van der Waals surface area (Å²) in [4.78, 5) is 24.1. The summed E-state index contributed by atoms with van der Waals surface area (Å²) in [5.74, 6) is 0.810. The van der Waals surface area contributed by atoms with E-state index in [0.29, 0.717) is 38.5 Å². The number of carbonyl (C=O) groups excluding carboxylic acids is 1. The number of amides is 1. The van der Waals surface area contributed by atoms with Gasteiger partial charge in [0.25, 0.3) is 5.91 Å². The summed E-state index contributed by atoms with van der Waals surface area (Å²) in [7, 11) is 0. The zero-order chi connectivity index (χ0) is 23.2. The fraction of sp³-hybridized carbons (Fsp3) is 0.346. The summed E-state index contributed by atoms with van der Waals surface area (Å²) >= 11 is 0. The van der Waals surface area contributed by atoms with E-state index in [-0.39, 0.29) is 12.0 Å². The highest BCUT2D eigenvalue weighted by Gasteiger charge is 2.27. The second-order valence-electron chi connectivity index (χ2n) is 8.16. The van der Waals surface area contributed by atoms with E-state index < -0.39 is 0 Å². The lowest BCUT2D eigenvalue weighted by atomic mass is 10.1. The van der Waals surface area contributed by atoms with Crippen molar-refractivity contribution in [2.24, 2.45) is 0 Å². The zero-order valence-corrected chi connectivity index (χ0v) is 19.4. The fourth-order valence-electron chi connectivity index (χ4n) is 3.84. The minimum absolute atomic E-state index is 0.00127. The number of pyridine rings is 2. The summed E-state index contributed by atoms with van der Waals surface area (Å²) < 4.78 is 11.4. The molecule has 3 aromatic rings. The topological polar surface area (TPSA) is 76.6 Å². The van der Waals surface area contributed by atoms with Crippen LogP contribution in [0.2, 0.25) is 0 Å². The van der Waals surface area contributed by atoms with Gasteiger partial charge in [-0.2, -0.15) is 0 Å². The maximum absolute atomic E-state index is 13.1. The van der Waals surface area contributed by atoms with Crippen LogP contribution < -0.4 is 5.32 Å². The molecular formula is C26H30N4O3. The number of nitrogens with one attached hydrogen (secondary N) is 1. The van der Waals surface area contributed by atoms with Gasteiger partial charge in [0.2, 0.25) is 0 Å². The molecule has 1 atom stereocenters. The molecular weight excluding hydrogens is 416 g/mol. The summed E-state index contributed by atoms with van der Waals surface area (Å²) in [6.45, 7) is 8.64. The normalized spacial score (nSPS) is 16.0. The first-order valence-electron chi connectivity index (χ1n) is 11.3. The number of benzene rings is 1. The number of aromatic nitrogens is 2. The summed E-state index contributed by atoms with van der Waals surface area (Å²) in [5.41, 5.74) is 5.36. The maximum Gasteiger partial charge on any atom is 0.254 e. The van der Waals surface area contributed by atoms with E-state index >= 15 is 0 Å². The molecule has 4 rings (SSSR count). The molecule has 2 aromatic heterocycles. The average Bonchev–Trinajstić information content (AvgIpc) is 2.84. The van der Waals surface area contributed by atoms with Crippen molar-refractivity contribution in [2.45, 2.75) is 33.5 Å². The van der Waals surface area contributed by atoms with E-state index in [1.54, 1.807) is 6.20 Å². The van der Waals surface area contributed by atoms with Crippen LogP contribution in [0.3, 0.4) is 0 Å². The molecule has 7 nitrogen and oxygen atoms in total. The molecule has 33 heavy (non-hydrogen) atoms. The predicted molar refractivity (Wildman–Crippen MR) is 128 cm³/mol. The number of anilines is 2. The van der Waals surface area contributed by atoms with Gasteiger partial charge in [0.15, 0.2) is 0 Å². The molecule has 1 amide bonds. The van der Waals surface area contributed by atoms with Gasteiger partial charge in [-0.25, -0.2) is 4.98 Å². The number of nitrogens with zero attached hydrogens (tertiary/aromatic N) is 3. The van der Waals surface area contributed by atoms with Crippen molar-refractivity contribution in [2.75, 3.05) is 31.6 Å². The van der Waals surface area contributed by atoms with Gasteiger partial charge in [-0.1, -0.05) is 18.2 Å². The van der Waals surface area contributed by atoms with E-state index in [1.807, 2.05) is 74.2 Å². The van der Waals surface area contributed by atoms with E-state index in [9.17, 15) is 4.79 Å². The third-order valence-electron chi connectivity index (χ3n) is 5.60. The molecule has 172 valence electrons. The van der Waals surface area contributed by atoms with Gasteiger partial charge < -0.3 is 19.7 Å². The standard InChI is InChI=1S/C26H30N4O3/c1-4-32-17-20-7-9-21(10-8-20)26(31)30-12-13-33-24(16-30)23-15-22(14-19(3)28-23)29-25-18(2)6-5-11-27-25/h5-11,14-15,24H,4,12-13,16-17H2,1-3H3,(H,27,28,29). The lowest BCUT2D eigenvalue weighted by Gasteiger charge is -2.33. The minimum Gasteiger partial charge on any atom is -0.377 e. The van der Waals surface area contributed by atoms with Gasteiger partial charge in [-0.05, 0) is 62.2 Å². The largest absolute Gasteiger partial charge is 0.377 e. The van der Waals surface area contributed by atoms with Crippen LogP contribution in [0.5, 0.6) is 0 Å². The van der Waals surface area contributed by atoms with Crippen LogP contribution >= 0.6 is 0 Å². The first kappa shape index (κ1) is 22.9. The van der Waals surface area contributed by atoms with Gasteiger partial charge >= 0.3 is 0 Å². The second kappa shape index (κ2) is 10.6. The number of hydrogen-bond acceptors (Lipinski definition) is 6. The van der Waals surface area contributed by atoms with Crippen LogP contribution in [0.25, 0.3) is 0 Å². The third kappa shape index (κ3) is 5.74. The van der Waals surface area contributed by atoms with Crippen molar-refractivity contribution in [1.29, 1.82) is 0 Å². The SMILES string of the molecule is CCOCc1ccc(C(=O)N2CCOC(c3cc(Nc4ncccc4C)cc(C)n3)C2)cc1.